The van der Waals surface area contributed by atoms with Crippen LogP contribution in [0.2, 0.25) is 0 Å². The normalized spacial score (nSPS) is 16.7. The van der Waals surface area contributed by atoms with Crippen molar-refractivity contribution in [2.45, 2.75) is 71.6 Å². The lowest BCUT2D eigenvalue weighted by Gasteiger charge is -2.25. The van der Waals surface area contributed by atoms with E-state index in [0.717, 1.165) is 29.7 Å². The van der Waals surface area contributed by atoms with Gasteiger partial charge in [-0.25, -0.2) is 0 Å². The highest BCUT2D eigenvalue weighted by Crippen LogP contribution is 2.27. The van der Waals surface area contributed by atoms with E-state index < -0.39 is 0 Å². The fraction of sp³-hybridized carbons (Fsp3) is 0.571. The zero-order chi connectivity index (χ0) is 17.5. The molecule has 1 aromatic heterocycles. The predicted octanol–water partition coefficient (Wildman–Crippen LogP) is 5.01. The molecule has 0 radical (unpaired) electrons. The Bertz CT molecular complexity index is 647. The zero-order valence-corrected chi connectivity index (χ0v) is 15.5. The molecular weight excluding hydrogens is 312 g/mol. The Morgan fingerprint density at radius 2 is 2.04 bits per heavy atom. The molecule has 1 heterocycles. The van der Waals surface area contributed by atoms with Crippen LogP contribution in [-0.2, 0) is 13.2 Å². The van der Waals surface area contributed by atoms with Crippen LogP contribution in [0.4, 0.5) is 0 Å². The molecule has 3 rings (SSSR count). The van der Waals surface area contributed by atoms with Crippen LogP contribution in [0.1, 0.15) is 62.5 Å². The van der Waals surface area contributed by atoms with Gasteiger partial charge in [0.05, 0.1) is 5.69 Å². The van der Waals surface area contributed by atoms with E-state index in [-0.39, 0.29) is 0 Å². The highest BCUT2D eigenvalue weighted by Gasteiger charge is 2.16. The van der Waals surface area contributed by atoms with Crippen LogP contribution >= 0.6 is 0 Å². The van der Waals surface area contributed by atoms with Crippen molar-refractivity contribution in [2.75, 3.05) is 0 Å². The van der Waals surface area contributed by atoms with Gasteiger partial charge in [-0.05, 0) is 32.3 Å². The number of nitrogens with one attached hydrogen (secondary N) is 1. The summed E-state index contributed by atoms with van der Waals surface area (Å²) in [5.74, 6) is 2.57. The topological polar surface area (TPSA) is 47.3 Å². The van der Waals surface area contributed by atoms with Crippen LogP contribution in [0, 0.1) is 12.8 Å². The minimum atomic E-state index is 0.412. The van der Waals surface area contributed by atoms with Gasteiger partial charge in [-0.15, -0.1) is 0 Å². The highest BCUT2D eigenvalue weighted by atomic mass is 16.5. The first kappa shape index (κ1) is 18.0. The van der Waals surface area contributed by atoms with Crippen molar-refractivity contribution in [1.29, 1.82) is 0 Å². The number of rotatable bonds is 8. The van der Waals surface area contributed by atoms with Gasteiger partial charge in [0, 0.05) is 24.2 Å². The molecule has 1 aliphatic rings. The smallest absolute Gasteiger partial charge is 0.174 e. The third-order valence-corrected chi connectivity index (χ3v) is 5.07. The Morgan fingerprint density at radius 3 is 2.80 bits per heavy atom. The third kappa shape index (κ3) is 5.60. The molecule has 2 aromatic rings. The molecule has 0 bridgehead atoms. The van der Waals surface area contributed by atoms with E-state index in [1.54, 1.807) is 0 Å². The maximum absolute atomic E-state index is 5.95. The number of para-hydroxylation sites is 1. The van der Waals surface area contributed by atoms with Gasteiger partial charge in [0.2, 0.25) is 0 Å². The molecule has 136 valence electrons. The molecule has 4 nitrogen and oxygen atoms in total. The molecule has 1 saturated carbocycles. The maximum Gasteiger partial charge on any atom is 0.174 e. The minimum Gasteiger partial charge on any atom is -0.485 e. The first-order valence-corrected chi connectivity index (χ1v) is 9.57. The Kier molecular flexibility index (Phi) is 6.51. The Balaban J connectivity index is 1.49. The van der Waals surface area contributed by atoms with E-state index in [1.807, 2.05) is 25.1 Å². The summed E-state index contributed by atoms with van der Waals surface area (Å²) in [5, 5.41) is 7.57. The largest absolute Gasteiger partial charge is 0.485 e. The van der Waals surface area contributed by atoms with Gasteiger partial charge in [0.15, 0.2) is 5.76 Å². The van der Waals surface area contributed by atoms with Crippen LogP contribution in [0.5, 0.6) is 5.75 Å². The molecule has 0 aliphatic heterocycles. The molecular formula is C21H30N2O2. The summed E-state index contributed by atoms with van der Waals surface area (Å²) in [6.07, 6.45) is 8.34. The van der Waals surface area contributed by atoms with Crippen LogP contribution in [0.15, 0.2) is 34.9 Å². The average molecular weight is 342 g/mol. The molecule has 25 heavy (non-hydrogen) atoms. The molecule has 0 spiro atoms. The molecule has 0 amide bonds. The van der Waals surface area contributed by atoms with E-state index in [1.165, 1.54) is 44.1 Å². The van der Waals surface area contributed by atoms with E-state index in [2.05, 4.69) is 29.5 Å². The number of hydrogen-bond donors (Lipinski definition) is 1. The summed E-state index contributed by atoms with van der Waals surface area (Å²) in [6.45, 7) is 5.46. The van der Waals surface area contributed by atoms with E-state index in [9.17, 15) is 0 Å². The monoisotopic (exact) mass is 342 g/mol. The van der Waals surface area contributed by atoms with Gasteiger partial charge in [0.1, 0.15) is 12.4 Å². The first-order chi connectivity index (χ1) is 12.2. The van der Waals surface area contributed by atoms with Gasteiger partial charge in [-0.1, -0.05) is 55.5 Å². The molecule has 1 aliphatic carbocycles. The van der Waals surface area contributed by atoms with Crippen molar-refractivity contribution in [3.05, 3.63) is 47.3 Å². The average Bonchev–Trinajstić information content (AvgIpc) is 3.05. The molecule has 1 aromatic carbocycles. The summed E-state index contributed by atoms with van der Waals surface area (Å²) in [5.41, 5.74) is 2.07. The van der Waals surface area contributed by atoms with Crippen LogP contribution in [-0.4, -0.2) is 11.2 Å². The minimum absolute atomic E-state index is 0.412. The molecule has 0 saturated heterocycles. The lowest BCUT2D eigenvalue weighted by Crippen LogP contribution is -2.28. The van der Waals surface area contributed by atoms with Gasteiger partial charge in [-0.2, -0.15) is 0 Å². The first-order valence-electron chi connectivity index (χ1n) is 9.57. The van der Waals surface area contributed by atoms with Crippen molar-refractivity contribution in [3.63, 3.8) is 0 Å². The highest BCUT2D eigenvalue weighted by molar-refractivity contribution is 5.33. The number of ether oxygens (including phenoxy) is 1. The second-order valence-electron chi connectivity index (χ2n) is 7.35. The lowest BCUT2D eigenvalue weighted by atomic mass is 9.85. The van der Waals surface area contributed by atoms with Crippen molar-refractivity contribution in [2.24, 2.45) is 5.92 Å². The number of hydrogen-bond acceptors (Lipinski definition) is 4. The van der Waals surface area contributed by atoms with Crippen LogP contribution in [0.3, 0.4) is 0 Å². The van der Waals surface area contributed by atoms with Crippen LogP contribution < -0.4 is 10.1 Å². The summed E-state index contributed by atoms with van der Waals surface area (Å²) in [4.78, 5) is 0. The van der Waals surface area contributed by atoms with E-state index in [4.69, 9.17) is 9.26 Å². The van der Waals surface area contributed by atoms with Crippen molar-refractivity contribution in [3.8, 4) is 5.75 Å². The molecule has 1 unspecified atom stereocenters. The Labute approximate surface area is 150 Å². The third-order valence-electron chi connectivity index (χ3n) is 5.07. The van der Waals surface area contributed by atoms with E-state index >= 15 is 0 Å². The predicted molar refractivity (Wildman–Crippen MR) is 99.5 cm³/mol. The van der Waals surface area contributed by atoms with Crippen molar-refractivity contribution < 1.29 is 9.26 Å². The number of benzene rings is 1. The quantitative estimate of drug-likeness (QED) is 0.732. The fourth-order valence-electron chi connectivity index (χ4n) is 3.71. The number of nitrogens with zero attached hydrogens (tertiary/aromatic N) is 1. The SMILES string of the molecule is Cc1cc(COc2ccccc2CNC(C)CC2CCCCC2)on1. The van der Waals surface area contributed by atoms with Crippen LogP contribution in [0.25, 0.3) is 0 Å². The summed E-state index contributed by atoms with van der Waals surface area (Å²) < 4.78 is 11.2. The van der Waals surface area contributed by atoms with Gasteiger partial charge in [0.25, 0.3) is 0 Å². The lowest BCUT2D eigenvalue weighted by molar-refractivity contribution is 0.246. The van der Waals surface area contributed by atoms with Gasteiger partial charge < -0.3 is 14.6 Å². The molecule has 1 fully saturated rings. The summed E-state index contributed by atoms with van der Waals surface area (Å²) in [7, 11) is 0. The van der Waals surface area contributed by atoms with Crippen molar-refractivity contribution in [1.82, 2.24) is 10.5 Å². The standard InChI is InChI=1S/C21H30N2O2/c1-16(12-18-8-4-3-5-9-18)22-14-19-10-6-7-11-21(19)24-15-20-13-17(2)23-25-20/h6-7,10-11,13,16,18,22H,3-5,8-9,12,14-15H2,1-2H3. The Morgan fingerprint density at radius 1 is 1.24 bits per heavy atom. The van der Waals surface area contributed by atoms with Gasteiger partial charge >= 0.3 is 0 Å². The zero-order valence-electron chi connectivity index (χ0n) is 15.5. The summed E-state index contributed by atoms with van der Waals surface area (Å²) >= 11 is 0. The Hall–Kier alpha value is -1.81. The molecule has 1 N–H and O–H groups in total. The summed E-state index contributed by atoms with van der Waals surface area (Å²) in [6, 6.07) is 10.7. The fourth-order valence-corrected chi connectivity index (χ4v) is 3.71. The molecule has 4 heteroatoms. The second-order valence-corrected chi connectivity index (χ2v) is 7.35. The van der Waals surface area contributed by atoms with E-state index in [0.29, 0.717) is 12.6 Å². The second kappa shape index (κ2) is 9.04. The van der Waals surface area contributed by atoms with Gasteiger partial charge in [-0.3, -0.25) is 0 Å². The number of aromatic nitrogens is 1. The van der Waals surface area contributed by atoms with Crippen molar-refractivity contribution >= 4 is 0 Å². The number of aryl methyl sites for hydroxylation is 1. The maximum atomic E-state index is 5.95. The molecule has 1 atom stereocenters.